The van der Waals surface area contributed by atoms with Crippen molar-refractivity contribution in [2.45, 2.75) is 19.8 Å². The molecule has 0 fully saturated rings. The van der Waals surface area contributed by atoms with Gasteiger partial charge in [-0.15, -0.1) is 0 Å². The summed E-state index contributed by atoms with van der Waals surface area (Å²) < 4.78 is 11.5. The number of hydrogen-bond donors (Lipinski definition) is 1. The van der Waals surface area contributed by atoms with Crippen molar-refractivity contribution in [1.29, 1.82) is 0 Å². The molecule has 5 heteroatoms. The molecule has 0 saturated heterocycles. The average molecular weight is 424 g/mol. The molecule has 1 atom stereocenters. The Hall–Kier alpha value is -4.12. The zero-order valence-electron chi connectivity index (χ0n) is 17.6. The van der Waals surface area contributed by atoms with E-state index in [1.54, 1.807) is 55.5 Å². The van der Waals surface area contributed by atoms with Crippen molar-refractivity contribution in [1.82, 2.24) is 0 Å². The van der Waals surface area contributed by atoms with Crippen LogP contribution in [-0.2, 0) is 0 Å². The van der Waals surface area contributed by atoms with Gasteiger partial charge in [0.25, 0.3) is 0 Å². The predicted octanol–water partition coefficient (Wildman–Crippen LogP) is 5.40. The van der Waals surface area contributed by atoms with Crippen molar-refractivity contribution in [2.75, 3.05) is 0 Å². The number of aromatic hydroxyl groups is 1. The van der Waals surface area contributed by atoms with Crippen LogP contribution in [0.25, 0.3) is 21.9 Å². The van der Waals surface area contributed by atoms with E-state index in [0.29, 0.717) is 33.2 Å². The van der Waals surface area contributed by atoms with Gasteiger partial charge in [0.15, 0.2) is 5.43 Å². The van der Waals surface area contributed by atoms with Gasteiger partial charge < -0.3 is 13.9 Å². The molecule has 2 aromatic heterocycles. The van der Waals surface area contributed by atoms with E-state index < -0.39 is 11.5 Å². The predicted molar refractivity (Wildman–Crippen MR) is 123 cm³/mol. The van der Waals surface area contributed by atoms with E-state index in [9.17, 15) is 14.7 Å². The van der Waals surface area contributed by atoms with Crippen LogP contribution < -0.4 is 11.1 Å². The van der Waals surface area contributed by atoms with Crippen LogP contribution in [0, 0.1) is 13.8 Å². The third kappa shape index (κ3) is 3.10. The van der Waals surface area contributed by atoms with Crippen LogP contribution >= 0.6 is 0 Å². The molecule has 0 aliphatic rings. The smallest absolute Gasteiger partial charge is 0.344 e. The number of hydrogen-bond acceptors (Lipinski definition) is 5. The molecule has 0 saturated carbocycles. The van der Waals surface area contributed by atoms with Gasteiger partial charge in [-0.3, -0.25) is 4.79 Å². The summed E-state index contributed by atoms with van der Waals surface area (Å²) in [7, 11) is 0. The fraction of sp³-hybridized carbons (Fsp3) is 0.111. The normalized spacial score (nSPS) is 12.3. The largest absolute Gasteiger partial charge is 0.507 e. The van der Waals surface area contributed by atoms with Crippen molar-refractivity contribution in [3.63, 3.8) is 0 Å². The molecule has 0 radical (unpaired) electrons. The van der Waals surface area contributed by atoms with Gasteiger partial charge in [-0.25, -0.2) is 4.79 Å². The molecule has 0 aliphatic carbocycles. The second-order valence-electron chi connectivity index (χ2n) is 7.89. The van der Waals surface area contributed by atoms with E-state index in [2.05, 4.69) is 0 Å². The van der Waals surface area contributed by atoms with Gasteiger partial charge in [-0.2, -0.15) is 0 Å². The van der Waals surface area contributed by atoms with Crippen molar-refractivity contribution in [3.8, 4) is 5.75 Å². The second-order valence-corrected chi connectivity index (χ2v) is 7.89. The number of fused-ring (bicyclic) bond motifs is 2. The van der Waals surface area contributed by atoms with E-state index >= 15 is 0 Å². The van der Waals surface area contributed by atoms with Crippen molar-refractivity contribution >= 4 is 21.9 Å². The number of benzene rings is 3. The first kappa shape index (κ1) is 19.8. The molecule has 5 nitrogen and oxygen atoms in total. The highest BCUT2D eigenvalue weighted by molar-refractivity contribution is 5.85. The highest BCUT2D eigenvalue weighted by Gasteiger charge is 2.31. The minimum atomic E-state index is -0.864. The first-order chi connectivity index (χ1) is 15.5. The van der Waals surface area contributed by atoms with E-state index in [0.717, 1.165) is 5.56 Å². The van der Waals surface area contributed by atoms with Gasteiger partial charge in [0.05, 0.1) is 27.8 Å². The fourth-order valence-corrected chi connectivity index (χ4v) is 4.24. The summed E-state index contributed by atoms with van der Waals surface area (Å²) in [6.45, 7) is 3.65. The third-order valence-corrected chi connectivity index (χ3v) is 5.83. The zero-order valence-corrected chi connectivity index (χ0v) is 17.6. The monoisotopic (exact) mass is 424 g/mol. The fourth-order valence-electron chi connectivity index (χ4n) is 4.24. The molecule has 1 N–H and O–H groups in total. The van der Waals surface area contributed by atoms with Crippen molar-refractivity contribution < 1.29 is 13.9 Å². The molecule has 1 unspecified atom stereocenters. The minimum Gasteiger partial charge on any atom is -0.507 e. The highest BCUT2D eigenvalue weighted by atomic mass is 16.4. The molecule has 0 bridgehead atoms. The van der Waals surface area contributed by atoms with Crippen molar-refractivity contribution in [3.05, 3.63) is 121 Å². The summed E-state index contributed by atoms with van der Waals surface area (Å²) in [4.78, 5) is 26.8. The first-order valence-corrected chi connectivity index (χ1v) is 10.3. The summed E-state index contributed by atoms with van der Waals surface area (Å²) >= 11 is 0. The average Bonchev–Trinajstić information content (AvgIpc) is 2.78. The molecule has 0 spiro atoms. The Morgan fingerprint density at radius 2 is 1.31 bits per heavy atom. The lowest BCUT2D eigenvalue weighted by molar-refractivity contribution is 0.454. The van der Waals surface area contributed by atoms with Crippen LogP contribution in [0.15, 0.2) is 91.2 Å². The molecular weight excluding hydrogens is 404 g/mol. The molecular formula is C27H20O5. The Kier molecular flexibility index (Phi) is 4.67. The first-order valence-electron chi connectivity index (χ1n) is 10.3. The lowest BCUT2D eigenvalue weighted by atomic mass is 9.83. The van der Waals surface area contributed by atoms with Gasteiger partial charge in [0.2, 0.25) is 0 Å². The molecule has 158 valence electrons. The van der Waals surface area contributed by atoms with Crippen LogP contribution in [0.1, 0.15) is 33.9 Å². The summed E-state index contributed by atoms with van der Waals surface area (Å²) in [5.74, 6) is -0.682. The maximum absolute atomic E-state index is 13.6. The highest BCUT2D eigenvalue weighted by Crippen LogP contribution is 2.38. The van der Waals surface area contributed by atoms with Gasteiger partial charge in [-0.1, -0.05) is 54.1 Å². The topological polar surface area (TPSA) is 80.7 Å². The third-order valence-electron chi connectivity index (χ3n) is 5.83. The molecule has 5 rings (SSSR count). The number of rotatable bonds is 3. The van der Waals surface area contributed by atoms with E-state index in [1.807, 2.05) is 31.2 Å². The lowest BCUT2D eigenvalue weighted by Gasteiger charge is -2.20. The van der Waals surface area contributed by atoms with Crippen LogP contribution in [0.3, 0.4) is 0 Å². The maximum Gasteiger partial charge on any atom is 0.344 e. The summed E-state index contributed by atoms with van der Waals surface area (Å²) in [6.07, 6.45) is 0. The van der Waals surface area contributed by atoms with Crippen LogP contribution in [-0.4, -0.2) is 5.11 Å². The van der Waals surface area contributed by atoms with Gasteiger partial charge in [-0.05, 0) is 43.7 Å². The Morgan fingerprint density at radius 1 is 0.719 bits per heavy atom. The quantitative estimate of drug-likeness (QED) is 0.392. The Bertz CT molecular complexity index is 1580. The molecule has 2 heterocycles. The Morgan fingerprint density at radius 3 is 2.00 bits per heavy atom. The van der Waals surface area contributed by atoms with Gasteiger partial charge >= 0.3 is 5.63 Å². The van der Waals surface area contributed by atoms with Crippen LogP contribution in [0.4, 0.5) is 0 Å². The SMILES string of the molecule is Cc1ccc(C(c2c(O)c3ccccc3oc2=O)c2c(C)oc3ccccc3c2=O)cc1. The van der Waals surface area contributed by atoms with Crippen LogP contribution in [0.2, 0.25) is 0 Å². The Balaban J connectivity index is 1.91. The minimum absolute atomic E-state index is 0.0123. The number of aryl methyl sites for hydroxylation is 2. The molecule has 0 amide bonds. The van der Waals surface area contributed by atoms with E-state index in [4.69, 9.17) is 8.83 Å². The zero-order chi connectivity index (χ0) is 22.4. The standard InChI is InChI=1S/C27H20O5/c1-15-11-13-17(14-12-15)23(22-16(2)31-20-9-5-3-7-18(20)25(22)28)24-26(29)19-8-4-6-10-21(19)32-27(24)30/h3-14,23,29H,1-2H3. The van der Waals surface area contributed by atoms with Gasteiger partial charge in [0, 0.05) is 0 Å². The van der Waals surface area contributed by atoms with E-state index in [1.165, 1.54) is 0 Å². The van der Waals surface area contributed by atoms with E-state index in [-0.39, 0.29) is 22.3 Å². The molecule has 3 aromatic carbocycles. The van der Waals surface area contributed by atoms with Crippen LogP contribution in [0.5, 0.6) is 5.75 Å². The van der Waals surface area contributed by atoms with Crippen molar-refractivity contribution in [2.24, 2.45) is 0 Å². The Labute approximate surface area is 183 Å². The number of para-hydroxylation sites is 2. The molecule has 5 aromatic rings. The maximum atomic E-state index is 13.6. The summed E-state index contributed by atoms with van der Waals surface area (Å²) in [5.41, 5.74) is 1.83. The lowest BCUT2D eigenvalue weighted by Crippen LogP contribution is -2.22. The summed E-state index contributed by atoms with van der Waals surface area (Å²) in [6, 6.07) is 21.3. The molecule has 32 heavy (non-hydrogen) atoms. The van der Waals surface area contributed by atoms with Gasteiger partial charge in [0.1, 0.15) is 22.7 Å². The summed E-state index contributed by atoms with van der Waals surface area (Å²) in [5, 5.41) is 12.0. The second kappa shape index (κ2) is 7.54. The molecule has 0 aliphatic heterocycles.